The summed E-state index contributed by atoms with van der Waals surface area (Å²) >= 11 is 0. The van der Waals surface area contributed by atoms with Crippen molar-refractivity contribution in [2.75, 3.05) is 7.05 Å². The van der Waals surface area contributed by atoms with E-state index in [1.807, 2.05) is 0 Å². The average Bonchev–Trinajstić information content (AvgIpc) is 2.53. The number of sulfonamides is 1. The minimum atomic E-state index is -4.42. The second kappa shape index (κ2) is 6.29. The number of aromatic nitrogens is 1. The highest BCUT2D eigenvalue weighted by molar-refractivity contribution is 7.89. The number of benzene rings is 1. The quantitative estimate of drug-likeness (QED) is 0.853. The maximum absolute atomic E-state index is 12.6. The summed E-state index contributed by atoms with van der Waals surface area (Å²) in [5.74, 6) is 0. The molecule has 0 aliphatic carbocycles. The van der Waals surface area contributed by atoms with Gasteiger partial charge < -0.3 is 0 Å². The average molecular weight is 344 g/mol. The summed E-state index contributed by atoms with van der Waals surface area (Å²) in [5, 5.41) is 0. The minimum absolute atomic E-state index is 0.0289. The van der Waals surface area contributed by atoms with Crippen LogP contribution < -0.4 is 0 Å². The summed E-state index contributed by atoms with van der Waals surface area (Å²) in [5.41, 5.74) is -0.306. The topological polar surface area (TPSA) is 50.3 Å². The summed E-state index contributed by atoms with van der Waals surface area (Å²) in [6.45, 7) is 1.61. The van der Waals surface area contributed by atoms with Crippen molar-refractivity contribution in [2.45, 2.75) is 24.0 Å². The molecule has 23 heavy (non-hydrogen) atoms. The first-order chi connectivity index (χ1) is 10.6. The van der Waals surface area contributed by atoms with Crippen LogP contribution in [0.5, 0.6) is 0 Å². The number of alkyl halides is 3. The van der Waals surface area contributed by atoms with E-state index in [0.717, 1.165) is 16.4 Å². The van der Waals surface area contributed by atoms with Gasteiger partial charge in [0.25, 0.3) is 0 Å². The molecular formula is C15H15F3N2O2S. The maximum Gasteiger partial charge on any atom is 0.416 e. The van der Waals surface area contributed by atoms with Crippen LogP contribution in [0.15, 0.2) is 53.7 Å². The molecule has 2 aromatic rings. The molecule has 0 amide bonds. The number of halogens is 3. The lowest BCUT2D eigenvalue weighted by atomic mass is 10.1. The Balaban J connectivity index is 2.28. The molecule has 0 N–H and O–H groups in total. The van der Waals surface area contributed by atoms with Crippen molar-refractivity contribution in [3.8, 4) is 0 Å². The van der Waals surface area contributed by atoms with Gasteiger partial charge >= 0.3 is 6.18 Å². The highest BCUT2D eigenvalue weighted by atomic mass is 32.2. The van der Waals surface area contributed by atoms with Crippen LogP contribution in [0.3, 0.4) is 0 Å². The lowest BCUT2D eigenvalue weighted by molar-refractivity contribution is -0.137. The highest BCUT2D eigenvalue weighted by Gasteiger charge is 2.31. The van der Waals surface area contributed by atoms with Crippen LogP contribution in [0.2, 0.25) is 0 Å². The SMILES string of the molecule is C[C@@H](c1ccc(C(F)(F)F)cc1)N(C)S(=O)(=O)c1cccnc1. The van der Waals surface area contributed by atoms with Crippen molar-refractivity contribution in [3.05, 3.63) is 59.9 Å². The van der Waals surface area contributed by atoms with Gasteiger partial charge in [-0.2, -0.15) is 17.5 Å². The van der Waals surface area contributed by atoms with Crippen LogP contribution in [0, 0.1) is 0 Å². The predicted molar refractivity (Wildman–Crippen MR) is 79.0 cm³/mol. The van der Waals surface area contributed by atoms with Crippen molar-refractivity contribution >= 4 is 10.0 Å². The Morgan fingerprint density at radius 1 is 1.13 bits per heavy atom. The third kappa shape index (κ3) is 3.70. The highest BCUT2D eigenvalue weighted by Crippen LogP contribution is 2.31. The molecule has 0 spiro atoms. The van der Waals surface area contributed by atoms with E-state index in [0.29, 0.717) is 5.56 Å². The fourth-order valence-electron chi connectivity index (χ4n) is 2.03. The van der Waals surface area contributed by atoms with Crippen molar-refractivity contribution in [2.24, 2.45) is 0 Å². The zero-order chi connectivity index (χ0) is 17.3. The first kappa shape index (κ1) is 17.4. The Bertz CT molecular complexity index is 760. The number of hydrogen-bond acceptors (Lipinski definition) is 3. The summed E-state index contributed by atoms with van der Waals surface area (Å²) < 4.78 is 63.8. The Labute approximate surface area is 132 Å². The smallest absolute Gasteiger partial charge is 0.263 e. The molecule has 2 rings (SSSR count). The van der Waals surface area contributed by atoms with E-state index in [1.165, 1.54) is 43.7 Å². The van der Waals surface area contributed by atoms with E-state index in [4.69, 9.17) is 0 Å². The van der Waals surface area contributed by atoms with Gasteiger partial charge in [0.05, 0.1) is 5.56 Å². The summed E-state index contributed by atoms with van der Waals surface area (Å²) in [6.07, 6.45) is -1.74. The van der Waals surface area contributed by atoms with Crippen molar-refractivity contribution in [1.82, 2.24) is 9.29 Å². The third-order valence-electron chi connectivity index (χ3n) is 3.58. The van der Waals surface area contributed by atoms with Gasteiger partial charge in [0.1, 0.15) is 4.90 Å². The monoisotopic (exact) mass is 344 g/mol. The van der Waals surface area contributed by atoms with Crippen molar-refractivity contribution in [1.29, 1.82) is 0 Å². The molecule has 0 saturated carbocycles. The van der Waals surface area contributed by atoms with E-state index in [-0.39, 0.29) is 4.90 Å². The molecule has 0 aliphatic heterocycles. The number of hydrogen-bond donors (Lipinski definition) is 0. The van der Waals surface area contributed by atoms with Crippen LogP contribution in [-0.2, 0) is 16.2 Å². The molecular weight excluding hydrogens is 329 g/mol. The fourth-order valence-corrected chi connectivity index (χ4v) is 3.35. The molecule has 0 bridgehead atoms. The number of pyridine rings is 1. The first-order valence-corrected chi connectivity index (χ1v) is 8.13. The van der Waals surface area contributed by atoms with Gasteiger partial charge in [0.2, 0.25) is 10.0 Å². The number of rotatable bonds is 4. The van der Waals surface area contributed by atoms with Gasteiger partial charge in [-0.1, -0.05) is 12.1 Å². The molecule has 1 atom stereocenters. The zero-order valence-electron chi connectivity index (χ0n) is 12.4. The summed E-state index contributed by atoms with van der Waals surface area (Å²) in [4.78, 5) is 3.80. The Hall–Kier alpha value is -1.93. The zero-order valence-corrected chi connectivity index (χ0v) is 13.3. The molecule has 1 aromatic carbocycles. The van der Waals surface area contributed by atoms with E-state index in [2.05, 4.69) is 4.98 Å². The molecule has 0 saturated heterocycles. The standard InChI is InChI=1S/C15H15F3N2O2S/c1-11(12-5-7-13(8-6-12)15(16,17)18)20(2)23(21,22)14-4-3-9-19-10-14/h3-11H,1-2H3/t11-/m0/s1. The van der Waals surface area contributed by atoms with Crippen LogP contribution in [0.1, 0.15) is 24.1 Å². The second-order valence-electron chi connectivity index (χ2n) is 5.01. The van der Waals surface area contributed by atoms with Gasteiger partial charge in [-0.15, -0.1) is 0 Å². The van der Waals surface area contributed by atoms with Crippen molar-refractivity contribution < 1.29 is 21.6 Å². The largest absolute Gasteiger partial charge is 0.416 e. The van der Waals surface area contributed by atoms with Crippen molar-refractivity contribution in [3.63, 3.8) is 0 Å². The van der Waals surface area contributed by atoms with E-state index >= 15 is 0 Å². The predicted octanol–water partition coefficient (Wildman–Crippen LogP) is 3.48. The summed E-state index contributed by atoms with van der Waals surface area (Å²) in [6, 6.07) is 6.74. The normalized spacial score (nSPS) is 14.0. The van der Waals surface area contributed by atoms with Gasteiger partial charge in [-0.05, 0) is 36.8 Å². The van der Waals surface area contributed by atoms with E-state index < -0.39 is 27.8 Å². The molecule has 0 fully saturated rings. The molecule has 0 aliphatic rings. The van der Waals surface area contributed by atoms with E-state index in [1.54, 1.807) is 6.92 Å². The molecule has 0 unspecified atom stereocenters. The lowest BCUT2D eigenvalue weighted by Gasteiger charge is -2.24. The molecule has 8 heteroatoms. The first-order valence-electron chi connectivity index (χ1n) is 6.69. The third-order valence-corrected chi connectivity index (χ3v) is 5.49. The summed E-state index contributed by atoms with van der Waals surface area (Å²) in [7, 11) is -2.40. The number of nitrogens with zero attached hydrogens (tertiary/aromatic N) is 2. The van der Waals surface area contributed by atoms with Crippen LogP contribution >= 0.6 is 0 Å². The lowest BCUT2D eigenvalue weighted by Crippen LogP contribution is -2.30. The second-order valence-corrected chi connectivity index (χ2v) is 7.00. The molecule has 124 valence electrons. The van der Waals surface area contributed by atoms with Gasteiger partial charge in [-0.3, -0.25) is 4.98 Å². The van der Waals surface area contributed by atoms with Gasteiger partial charge in [0.15, 0.2) is 0 Å². The van der Waals surface area contributed by atoms with Gasteiger partial charge in [0, 0.05) is 25.5 Å². The Kier molecular flexibility index (Phi) is 4.76. The molecule has 1 aromatic heterocycles. The van der Waals surface area contributed by atoms with Crippen LogP contribution in [0.4, 0.5) is 13.2 Å². The Morgan fingerprint density at radius 2 is 1.74 bits per heavy atom. The maximum atomic E-state index is 12.6. The fraction of sp³-hybridized carbons (Fsp3) is 0.267. The minimum Gasteiger partial charge on any atom is -0.263 e. The van der Waals surface area contributed by atoms with Crippen LogP contribution in [0.25, 0.3) is 0 Å². The molecule has 4 nitrogen and oxygen atoms in total. The van der Waals surface area contributed by atoms with E-state index in [9.17, 15) is 21.6 Å². The van der Waals surface area contributed by atoms with Gasteiger partial charge in [-0.25, -0.2) is 8.42 Å². The molecule has 0 radical (unpaired) electrons. The van der Waals surface area contributed by atoms with Crippen LogP contribution in [-0.4, -0.2) is 24.8 Å². The molecule has 1 heterocycles. The Morgan fingerprint density at radius 3 is 2.22 bits per heavy atom.